The molecular formula is C12H16BrN3O2. The molecule has 5 nitrogen and oxygen atoms in total. The molecule has 0 saturated carbocycles. The van der Waals surface area contributed by atoms with Gasteiger partial charge in [-0.15, -0.1) is 0 Å². The highest BCUT2D eigenvalue weighted by atomic mass is 79.9. The SMILES string of the molecule is O=C(O)NCC1CCN(c2cccc(Br)n2)CC1. The van der Waals surface area contributed by atoms with Crippen LogP contribution in [0.4, 0.5) is 10.6 Å². The summed E-state index contributed by atoms with van der Waals surface area (Å²) in [6.07, 6.45) is 1.05. The molecule has 1 aromatic heterocycles. The van der Waals surface area contributed by atoms with E-state index in [1.165, 1.54) is 0 Å². The monoisotopic (exact) mass is 313 g/mol. The van der Waals surface area contributed by atoms with Gasteiger partial charge in [0.15, 0.2) is 0 Å². The van der Waals surface area contributed by atoms with Crippen LogP contribution in [0.25, 0.3) is 0 Å². The second-order valence-corrected chi connectivity index (χ2v) is 5.25. The van der Waals surface area contributed by atoms with Gasteiger partial charge in [0.2, 0.25) is 0 Å². The summed E-state index contributed by atoms with van der Waals surface area (Å²) in [6.45, 7) is 2.40. The fourth-order valence-electron chi connectivity index (χ4n) is 2.17. The van der Waals surface area contributed by atoms with Gasteiger partial charge in [0.05, 0.1) is 0 Å². The minimum absolute atomic E-state index is 0.435. The third kappa shape index (κ3) is 3.60. The van der Waals surface area contributed by atoms with Crippen molar-refractivity contribution in [2.24, 2.45) is 5.92 Å². The molecule has 0 bridgehead atoms. The summed E-state index contributed by atoms with van der Waals surface area (Å²) < 4.78 is 0.842. The predicted molar refractivity (Wildman–Crippen MR) is 72.9 cm³/mol. The van der Waals surface area contributed by atoms with Gasteiger partial charge >= 0.3 is 6.09 Å². The van der Waals surface area contributed by atoms with E-state index in [1.807, 2.05) is 18.2 Å². The van der Waals surface area contributed by atoms with Crippen molar-refractivity contribution >= 4 is 27.8 Å². The normalized spacial score (nSPS) is 16.6. The van der Waals surface area contributed by atoms with Crippen LogP contribution in [0, 0.1) is 5.92 Å². The summed E-state index contributed by atoms with van der Waals surface area (Å²) in [7, 11) is 0. The number of anilines is 1. The van der Waals surface area contributed by atoms with Crippen LogP contribution in [0.15, 0.2) is 22.8 Å². The topological polar surface area (TPSA) is 65.5 Å². The molecule has 0 radical (unpaired) electrons. The molecule has 2 heterocycles. The van der Waals surface area contributed by atoms with E-state index in [1.54, 1.807) is 0 Å². The van der Waals surface area contributed by atoms with Crippen molar-refractivity contribution in [1.82, 2.24) is 10.3 Å². The molecule has 0 unspecified atom stereocenters. The molecule has 1 fully saturated rings. The first kappa shape index (κ1) is 13.1. The lowest BCUT2D eigenvalue weighted by Crippen LogP contribution is -2.38. The van der Waals surface area contributed by atoms with Crippen LogP contribution in [0.3, 0.4) is 0 Å². The number of carboxylic acid groups (broad SMARTS) is 1. The molecule has 0 aliphatic carbocycles. The van der Waals surface area contributed by atoms with Crippen LogP contribution in [-0.2, 0) is 0 Å². The summed E-state index contributed by atoms with van der Waals surface area (Å²) in [5.41, 5.74) is 0. The van der Waals surface area contributed by atoms with E-state index in [9.17, 15) is 4.79 Å². The summed E-state index contributed by atoms with van der Waals surface area (Å²) >= 11 is 3.37. The molecule has 1 amide bonds. The number of aromatic nitrogens is 1. The van der Waals surface area contributed by atoms with E-state index in [0.29, 0.717) is 12.5 Å². The van der Waals surface area contributed by atoms with Gasteiger partial charge in [-0.2, -0.15) is 0 Å². The molecule has 0 atom stereocenters. The highest BCUT2D eigenvalue weighted by Gasteiger charge is 2.20. The standard InChI is InChI=1S/C12H16BrN3O2/c13-10-2-1-3-11(15-10)16-6-4-9(5-7-16)8-14-12(17)18/h1-3,9,14H,4-8H2,(H,17,18). The summed E-state index contributed by atoms with van der Waals surface area (Å²) in [5.74, 6) is 1.42. The fourth-order valence-corrected chi connectivity index (χ4v) is 2.51. The third-order valence-electron chi connectivity index (χ3n) is 3.18. The van der Waals surface area contributed by atoms with Gasteiger partial charge in [-0.05, 0) is 46.8 Å². The number of pyridine rings is 1. The molecule has 1 aromatic rings. The predicted octanol–water partition coefficient (Wildman–Crippen LogP) is 2.33. The number of piperidine rings is 1. The molecule has 18 heavy (non-hydrogen) atoms. The minimum atomic E-state index is -0.939. The molecule has 6 heteroatoms. The van der Waals surface area contributed by atoms with Crippen LogP contribution in [0.5, 0.6) is 0 Å². The molecule has 98 valence electrons. The molecule has 2 N–H and O–H groups in total. The summed E-state index contributed by atoms with van der Waals surface area (Å²) in [4.78, 5) is 17.1. The lowest BCUT2D eigenvalue weighted by molar-refractivity contribution is 0.191. The van der Waals surface area contributed by atoms with Gasteiger partial charge in [-0.25, -0.2) is 9.78 Å². The minimum Gasteiger partial charge on any atom is -0.465 e. The number of nitrogens with one attached hydrogen (secondary N) is 1. The van der Waals surface area contributed by atoms with Crippen LogP contribution in [0.1, 0.15) is 12.8 Å². The van der Waals surface area contributed by atoms with E-state index in [-0.39, 0.29) is 0 Å². The maximum absolute atomic E-state index is 10.4. The first-order chi connectivity index (χ1) is 8.65. The number of amides is 1. The molecule has 0 spiro atoms. The summed E-state index contributed by atoms with van der Waals surface area (Å²) in [5, 5.41) is 11.0. The second kappa shape index (κ2) is 6.04. The Morgan fingerprint density at radius 3 is 2.83 bits per heavy atom. The number of carbonyl (C=O) groups is 1. The van der Waals surface area contributed by atoms with Gasteiger partial charge in [-0.1, -0.05) is 6.07 Å². The zero-order chi connectivity index (χ0) is 13.0. The van der Waals surface area contributed by atoms with Crippen LogP contribution >= 0.6 is 15.9 Å². The molecule has 1 saturated heterocycles. The van der Waals surface area contributed by atoms with Gasteiger partial charge in [-0.3, -0.25) is 0 Å². The highest BCUT2D eigenvalue weighted by molar-refractivity contribution is 9.10. The Labute approximate surface area is 114 Å². The zero-order valence-corrected chi connectivity index (χ0v) is 11.6. The van der Waals surface area contributed by atoms with Gasteiger partial charge in [0, 0.05) is 19.6 Å². The largest absolute Gasteiger partial charge is 0.465 e. The first-order valence-corrected chi connectivity index (χ1v) is 6.79. The van der Waals surface area contributed by atoms with E-state index >= 15 is 0 Å². The van der Waals surface area contributed by atoms with Crippen molar-refractivity contribution in [3.8, 4) is 0 Å². The average molecular weight is 314 g/mol. The average Bonchev–Trinajstić information content (AvgIpc) is 2.37. The van der Waals surface area contributed by atoms with Crippen molar-refractivity contribution in [1.29, 1.82) is 0 Å². The molecule has 1 aliphatic heterocycles. The maximum Gasteiger partial charge on any atom is 0.404 e. The Kier molecular flexibility index (Phi) is 4.41. The third-order valence-corrected chi connectivity index (χ3v) is 3.62. The Balaban J connectivity index is 1.85. The zero-order valence-electron chi connectivity index (χ0n) is 9.97. The van der Waals surface area contributed by atoms with E-state index in [0.717, 1.165) is 36.4 Å². The molecule has 2 rings (SSSR count). The summed E-state index contributed by atoms with van der Waals surface area (Å²) in [6, 6.07) is 5.89. The van der Waals surface area contributed by atoms with E-state index in [2.05, 4.69) is 31.1 Å². The number of halogens is 1. The van der Waals surface area contributed by atoms with Crippen LogP contribution in [0.2, 0.25) is 0 Å². The number of hydrogen-bond donors (Lipinski definition) is 2. The Bertz CT molecular complexity index is 420. The van der Waals surface area contributed by atoms with Crippen molar-refractivity contribution in [2.75, 3.05) is 24.5 Å². The van der Waals surface area contributed by atoms with Crippen molar-refractivity contribution in [2.45, 2.75) is 12.8 Å². The van der Waals surface area contributed by atoms with Gasteiger partial charge < -0.3 is 15.3 Å². The van der Waals surface area contributed by atoms with E-state index < -0.39 is 6.09 Å². The highest BCUT2D eigenvalue weighted by Crippen LogP contribution is 2.22. The molecular weight excluding hydrogens is 298 g/mol. The lowest BCUT2D eigenvalue weighted by atomic mass is 9.97. The Morgan fingerprint density at radius 1 is 1.50 bits per heavy atom. The van der Waals surface area contributed by atoms with Crippen LogP contribution in [-0.4, -0.2) is 35.8 Å². The molecule has 1 aliphatic rings. The number of nitrogens with zero attached hydrogens (tertiary/aromatic N) is 2. The Hall–Kier alpha value is -1.30. The second-order valence-electron chi connectivity index (χ2n) is 4.43. The quantitative estimate of drug-likeness (QED) is 0.841. The smallest absolute Gasteiger partial charge is 0.404 e. The van der Waals surface area contributed by atoms with Crippen molar-refractivity contribution in [3.63, 3.8) is 0 Å². The van der Waals surface area contributed by atoms with E-state index in [4.69, 9.17) is 5.11 Å². The fraction of sp³-hybridized carbons (Fsp3) is 0.500. The van der Waals surface area contributed by atoms with Gasteiger partial charge in [0.25, 0.3) is 0 Å². The maximum atomic E-state index is 10.4. The van der Waals surface area contributed by atoms with Gasteiger partial charge in [0.1, 0.15) is 10.4 Å². The molecule has 0 aromatic carbocycles. The lowest BCUT2D eigenvalue weighted by Gasteiger charge is -2.32. The van der Waals surface area contributed by atoms with Crippen molar-refractivity contribution < 1.29 is 9.90 Å². The first-order valence-electron chi connectivity index (χ1n) is 5.99. The Morgan fingerprint density at radius 2 is 2.22 bits per heavy atom. The van der Waals surface area contributed by atoms with Crippen molar-refractivity contribution in [3.05, 3.63) is 22.8 Å². The van der Waals surface area contributed by atoms with Crippen LogP contribution < -0.4 is 10.2 Å². The number of rotatable bonds is 3. The number of hydrogen-bond acceptors (Lipinski definition) is 3.